The number of fused-ring (bicyclic) bond motifs is 1. The molecule has 0 saturated carbocycles. The van der Waals surface area contributed by atoms with Gasteiger partial charge in [0.05, 0.1) is 22.1 Å². The summed E-state index contributed by atoms with van der Waals surface area (Å²) in [7, 11) is -3.68. The van der Waals surface area contributed by atoms with Crippen LogP contribution in [0.15, 0.2) is 59.5 Å². The van der Waals surface area contributed by atoms with E-state index in [2.05, 4.69) is 17.9 Å². The first-order valence-corrected chi connectivity index (χ1v) is 12.1. The summed E-state index contributed by atoms with van der Waals surface area (Å²) in [6.07, 6.45) is 5.61. The molecule has 0 unspecified atom stereocenters. The van der Waals surface area contributed by atoms with Crippen molar-refractivity contribution in [3.8, 4) is 0 Å². The fraction of sp³-hybridized carbons (Fsp3) is 0.417. The van der Waals surface area contributed by atoms with Gasteiger partial charge in [0.1, 0.15) is 0 Å². The Morgan fingerprint density at radius 1 is 0.966 bits per heavy atom. The number of hydrogen-bond donors (Lipinski definition) is 0. The maximum atomic E-state index is 13.8. The van der Waals surface area contributed by atoms with Crippen molar-refractivity contribution in [3.63, 3.8) is 0 Å². The zero-order valence-corrected chi connectivity index (χ0v) is 18.2. The Morgan fingerprint density at radius 3 is 2.34 bits per heavy atom. The Hall–Kier alpha value is -2.11. The highest BCUT2D eigenvalue weighted by Crippen LogP contribution is 2.35. The molecule has 1 aromatic heterocycles. The number of aromatic nitrogens is 1. The van der Waals surface area contributed by atoms with Crippen LogP contribution in [0.3, 0.4) is 0 Å². The van der Waals surface area contributed by atoms with Gasteiger partial charge in [0.15, 0.2) is 0 Å². The van der Waals surface area contributed by atoms with Crippen molar-refractivity contribution in [2.24, 2.45) is 0 Å². The predicted octanol–water partition coefficient (Wildman–Crippen LogP) is 5.51. The molecule has 1 aliphatic heterocycles. The third-order valence-electron chi connectivity index (χ3n) is 5.99. The average molecular weight is 411 g/mol. The Kier molecular flexibility index (Phi) is 5.79. The summed E-state index contributed by atoms with van der Waals surface area (Å²) in [5, 5.41) is 0.983. The molecule has 4 nitrogen and oxygen atoms in total. The molecule has 1 fully saturated rings. The lowest BCUT2D eigenvalue weighted by Gasteiger charge is -2.35. The van der Waals surface area contributed by atoms with E-state index in [1.807, 2.05) is 43.3 Å². The SMILES string of the molecule is CCC[C@H](c1cc2ccccc2n1S(=O)(=O)c1ccc(C)cc1)N1CCCCC1. The molecule has 1 saturated heterocycles. The number of aryl methyl sites for hydroxylation is 1. The molecule has 0 aliphatic carbocycles. The fourth-order valence-corrected chi connectivity index (χ4v) is 6.06. The predicted molar refractivity (Wildman–Crippen MR) is 119 cm³/mol. The van der Waals surface area contributed by atoms with Gasteiger partial charge in [-0.1, -0.05) is 55.7 Å². The van der Waals surface area contributed by atoms with Gasteiger partial charge in [0, 0.05) is 5.39 Å². The number of benzene rings is 2. The van der Waals surface area contributed by atoms with Crippen LogP contribution in [-0.2, 0) is 10.0 Å². The van der Waals surface area contributed by atoms with E-state index in [-0.39, 0.29) is 6.04 Å². The lowest BCUT2D eigenvalue weighted by molar-refractivity contribution is 0.151. The minimum atomic E-state index is -3.68. The summed E-state index contributed by atoms with van der Waals surface area (Å²) in [4.78, 5) is 2.84. The third-order valence-corrected chi connectivity index (χ3v) is 7.74. The highest BCUT2D eigenvalue weighted by molar-refractivity contribution is 7.90. The molecule has 2 aromatic carbocycles. The van der Waals surface area contributed by atoms with Gasteiger partial charge in [-0.2, -0.15) is 0 Å². The van der Waals surface area contributed by atoms with E-state index >= 15 is 0 Å². The molecule has 0 bridgehead atoms. The van der Waals surface area contributed by atoms with Crippen molar-refractivity contribution >= 4 is 20.9 Å². The maximum Gasteiger partial charge on any atom is 0.268 e. The van der Waals surface area contributed by atoms with Crippen molar-refractivity contribution in [2.75, 3.05) is 13.1 Å². The first-order valence-electron chi connectivity index (χ1n) is 10.7. The molecule has 29 heavy (non-hydrogen) atoms. The Labute approximate surface area is 174 Å². The van der Waals surface area contributed by atoms with Gasteiger partial charge < -0.3 is 0 Å². The molecule has 0 spiro atoms. The van der Waals surface area contributed by atoms with Crippen LogP contribution in [0.2, 0.25) is 0 Å². The minimum Gasteiger partial charge on any atom is -0.295 e. The third kappa shape index (κ3) is 3.86. The number of nitrogens with zero attached hydrogens (tertiary/aromatic N) is 2. The number of para-hydroxylation sites is 1. The second-order valence-corrected chi connectivity index (χ2v) is 9.90. The van der Waals surface area contributed by atoms with Crippen LogP contribution in [0.1, 0.15) is 56.3 Å². The van der Waals surface area contributed by atoms with Crippen molar-refractivity contribution in [1.82, 2.24) is 8.87 Å². The van der Waals surface area contributed by atoms with Crippen LogP contribution in [0, 0.1) is 6.92 Å². The molecule has 1 aliphatic rings. The van der Waals surface area contributed by atoms with E-state index in [0.717, 1.165) is 48.1 Å². The number of hydrogen-bond acceptors (Lipinski definition) is 3. The van der Waals surface area contributed by atoms with E-state index in [0.29, 0.717) is 4.90 Å². The van der Waals surface area contributed by atoms with Crippen molar-refractivity contribution in [2.45, 2.75) is 56.9 Å². The lowest BCUT2D eigenvalue weighted by Crippen LogP contribution is -2.35. The highest BCUT2D eigenvalue weighted by atomic mass is 32.2. The molecule has 2 heterocycles. The molecular weight excluding hydrogens is 380 g/mol. The van der Waals surface area contributed by atoms with Crippen LogP contribution in [0.4, 0.5) is 0 Å². The molecule has 1 atom stereocenters. The first-order chi connectivity index (χ1) is 14.0. The van der Waals surface area contributed by atoms with Crippen molar-refractivity contribution in [1.29, 1.82) is 0 Å². The first kappa shape index (κ1) is 20.2. The van der Waals surface area contributed by atoms with Crippen LogP contribution in [0.5, 0.6) is 0 Å². The monoisotopic (exact) mass is 410 g/mol. The van der Waals surface area contributed by atoms with E-state index in [9.17, 15) is 8.42 Å². The molecule has 3 aromatic rings. The van der Waals surface area contributed by atoms with Crippen LogP contribution < -0.4 is 0 Å². The maximum absolute atomic E-state index is 13.8. The van der Waals surface area contributed by atoms with Crippen LogP contribution in [-0.4, -0.2) is 30.4 Å². The molecule has 0 amide bonds. The molecule has 0 radical (unpaired) electrons. The second-order valence-electron chi connectivity index (χ2n) is 8.11. The van der Waals surface area contributed by atoms with Gasteiger partial charge in [-0.3, -0.25) is 4.90 Å². The summed E-state index contributed by atoms with van der Waals surface area (Å²) >= 11 is 0. The lowest BCUT2D eigenvalue weighted by atomic mass is 10.0. The van der Waals surface area contributed by atoms with Crippen molar-refractivity contribution in [3.05, 3.63) is 65.9 Å². The molecule has 4 rings (SSSR count). The summed E-state index contributed by atoms with van der Waals surface area (Å²) in [6, 6.07) is 17.2. The topological polar surface area (TPSA) is 42.3 Å². The summed E-state index contributed by atoms with van der Waals surface area (Å²) in [6.45, 7) is 6.23. The smallest absolute Gasteiger partial charge is 0.268 e. The van der Waals surface area contributed by atoms with Gasteiger partial charge in [-0.05, 0) is 63.5 Å². The van der Waals surface area contributed by atoms with E-state index in [1.165, 1.54) is 19.3 Å². The quantitative estimate of drug-likeness (QED) is 0.538. The van der Waals surface area contributed by atoms with Gasteiger partial charge >= 0.3 is 0 Å². The van der Waals surface area contributed by atoms with E-state index < -0.39 is 10.0 Å². The molecule has 0 N–H and O–H groups in total. The number of likely N-dealkylation sites (tertiary alicyclic amines) is 1. The standard InChI is InChI=1S/C24H30N2O2S/c1-3-9-23(25-16-7-4-8-17-25)24-18-20-10-5-6-11-22(20)26(24)29(27,28)21-14-12-19(2)13-15-21/h5-6,10-15,18,23H,3-4,7-9,16-17H2,1-2H3/t23-/m1/s1. The van der Waals surface area contributed by atoms with E-state index in [1.54, 1.807) is 16.1 Å². The largest absolute Gasteiger partial charge is 0.295 e. The van der Waals surface area contributed by atoms with Crippen molar-refractivity contribution < 1.29 is 8.42 Å². The normalized spacial score (nSPS) is 16.9. The Bertz CT molecular complexity index is 1080. The van der Waals surface area contributed by atoms with E-state index in [4.69, 9.17) is 0 Å². The van der Waals surface area contributed by atoms with Gasteiger partial charge in [-0.15, -0.1) is 0 Å². The minimum absolute atomic E-state index is 0.118. The van der Waals surface area contributed by atoms with Crippen LogP contribution >= 0.6 is 0 Å². The molecule has 154 valence electrons. The number of rotatable bonds is 6. The molecule has 5 heteroatoms. The zero-order chi connectivity index (χ0) is 20.4. The summed E-state index contributed by atoms with van der Waals surface area (Å²) in [5.74, 6) is 0. The second kappa shape index (κ2) is 8.33. The zero-order valence-electron chi connectivity index (χ0n) is 17.3. The van der Waals surface area contributed by atoms with Crippen LogP contribution in [0.25, 0.3) is 10.9 Å². The molecular formula is C24H30N2O2S. The van der Waals surface area contributed by atoms with Gasteiger partial charge in [0.25, 0.3) is 10.0 Å². The average Bonchev–Trinajstić information content (AvgIpc) is 3.13. The summed E-state index contributed by atoms with van der Waals surface area (Å²) < 4.78 is 29.2. The van der Waals surface area contributed by atoms with Gasteiger partial charge in [0.2, 0.25) is 0 Å². The fourth-order valence-electron chi connectivity index (χ4n) is 4.49. The van der Waals surface area contributed by atoms with Gasteiger partial charge in [-0.25, -0.2) is 12.4 Å². The number of piperidine rings is 1. The highest BCUT2D eigenvalue weighted by Gasteiger charge is 2.30. The summed E-state index contributed by atoms with van der Waals surface area (Å²) in [5.41, 5.74) is 2.72. The Morgan fingerprint density at radius 2 is 1.66 bits per heavy atom. The Balaban J connectivity index is 1.91.